The van der Waals surface area contributed by atoms with E-state index >= 15 is 0 Å². The number of aromatic nitrogens is 6. The van der Waals surface area contributed by atoms with Crippen LogP contribution in [0.15, 0.2) is 54.3 Å². The molecular formula is C98H115Br4F7N14O8S. The first kappa shape index (κ1) is 102. The second-order valence-electron chi connectivity index (χ2n) is 38.7. The van der Waals surface area contributed by atoms with Gasteiger partial charge in [-0.15, -0.1) is 20.4 Å². The molecule has 7 aliphatic carbocycles. The van der Waals surface area contributed by atoms with Gasteiger partial charge in [-0.05, 0) is 424 Å². The van der Waals surface area contributed by atoms with Gasteiger partial charge >= 0.3 is 18.0 Å². The first-order valence-corrected chi connectivity index (χ1v) is 48.0. The number of aromatic carboxylic acids is 1. The van der Waals surface area contributed by atoms with E-state index in [0.29, 0.717) is 42.6 Å². The minimum Gasteiger partial charge on any atom is -0.480 e. The number of hydrogen-bond donors (Lipinski definition) is 10. The molecule has 0 bridgehead atoms. The molecule has 0 saturated carbocycles. The summed E-state index contributed by atoms with van der Waals surface area (Å²) in [5.41, 5.74) is 34.5. The van der Waals surface area contributed by atoms with Gasteiger partial charge in [-0.2, -0.15) is 0 Å². The number of nitrogens with zero attached hydrogens (tertiary/aromatic N) is 6. The quantitative estimate of drug-likeness (QED) is 0.0444. The van der Waals surface area contributed by atoms with E-state index in [4.69, 9.17) is 44.4 Å². The molecule has 132 heavy (non-hydrogen) atoms. The Bertz CT molecular complexity index is 6040. The molecule has 708 valence electrons. The number of halogens is 11. The van der Waals surface area contributed by atoms with Gasteiger partial charge in [0.15, 0.2) is 23.2 Å². The summed E-state index contributed by atoms with van der Waals surface area (Å²) in [5, 5.41) is 49.8. The number of thiocarbonyl (C=S) groups is 1. The first-order chi connectivity index (χ1) is 61.7. The minimum atomic E-state index is -1.22. The van der Waals surface area contributed by atoms with Crippen molar-refractivity contribution in [1.29, 1.82) is 0 Å². The Morgan fingerprint density at radius 3 is 1.29 bits per heavy atom. The zero-order chi connectivity index (χ0) is 97.0. The van der Waals surface area contributed by atoms with Gasteiger partial charge in [0, 0.05) is 53.6 Å². The summed E-state index contributed by atoms with van der Waals surface area (Å²) >= 11 is 18.7. The molecule has 11 aliphatic rings. The molecule has 4 aliphatic heterocycles. The van der Waals surface area contributed by atoms with E-state index in [1.165, 1.54) is 66.3 Å². The number of aryl methyl sites for hydroxylation is 8. The predicted molar refractivity (Wildman–Crippen MR) is 520 cm³/mol. The number of aliphatic carboxylic acids is 1. The van der Waals surface area contributed by atoms with Gasteiger partial charge in [-0.3, -0.25) is 28.8 Å². The van der Waals surface area contributed by atoms with E-state index in [9.17, 15) is 54.7 Å². The van der Waals surface area contributed by atoms with Crippen LogP contribution < -0.4 is 43.8 Å². The van der Waals surface area contributed by atoms with Crippen LogP contribution in [0.25, 0.3) is 11.4 Å². The molecule has 0 fully saturated rings. The van der Waals surface area contributed by atoms with Crippen molar-refractivity contribution in [1.82, 2.24) is 29.5 Å². The Morgan fingerprint density at radius 1 is 0.477 bits per heavy atom. The highest BCUT2D eigenvalue weighted by molar-refractivity contribution is 9.11. The SMILES string of the molecule is CC(=O)CN.CC(C)(C)OC(=O)Nc1c(F)cc2c(c1Br)CCC2.CC(C)(N)C(=O)O.CC1(C)Nc2c(c(F)cc3c2CCC3)CC1=O.CC1(C)Nc2c(c(F)cc3c2CCC3)CC1=S.Cc1nnc2n1-c1c(F)c(Br)c3c(c1NC2(C)C)CCC3.Cc1nnc2n1-c1c(F)cc3c(c1NC2(C)C)CCC3.Nc1c(F)cc2c(c1Br)CCC2.O=C(O)c1c(F)cc2c(c1Br)CCC2. The Morgan fingerprint density at radius 2 is 0.833 bits per heavy atom. The van der Waals surface area contributed by atoms with Gasteiger partial charge in [0.25, 0.3) is 0 Å². The zero-order valence-corrected chi connectivity index (χ0v) is 84.4. The monoisotopic (exact) mass is 2100 g/mol. The maximum atomic E-state index is 15.0. The Hall–Kier alpha value is -9.19. The van der Waals surface area contributed by atoms with E-state index in [1.54, 1.807) is 45.0 Å². The fraction of sp³-hybridized carbons (Fsp3) is 0.469. The van der Waals surface area contributed by atoms with Crippen LogP contribution in [0.3, 0.4) is 0 Å². The second-order valence-corrected chi connectivity index (χ2v) is 42.3. The number of ketones is 2. The molecule has 0 unspecified atom stereocenters. The number of carboxylic acid groups (broad SMARTS) is 2. The van der Waals surface area contributed by atoms with E-state index < -0.39 is 46.3 Å². The Balaban J connectivity index is 0.000000137. The van der Waals surface area contributed by atoms with Gasteiger partial charge in [-0.1, -0.05) is 12.2 Å². The lowest BCUT2D eigenvalue weighted by atomic mass is 9.85. The number of nitrogen functional groups attached to an aromatic ring is 1. The van der Waals surface area contributed by atoms with Gasteiger partial charge < -0.3 is 53.4 Å². The number of amides is 1. The topological polar surface area (TPSA) is 335 Å². The number of carbonyl (C=O) groups is 5. The molecule has 34 heteroatoms. The highest BCUT2D eigenvalue weighted by Crippen LogP contribution is 2.50. The summed E-state index contributed by atoms with van der Waals surface area (Å²) in [4.78, 5) is 54.9. The van der Waals surface area contributed by atoms with Crippen LogP contribution in [0.2, 0.25) is 0 Å². The molecule has 0 spiro atoms. The number of fused-ring (bicyclic) bond motifs is 19. The number of carboxylic acids is 2. The number of benzene rings is 7. The molecule has 0 saturated heterocycles. The molecule has 22 nitrogen and oxygen atoms in total. The molecule has 9 aromatic rings. The molecule has 1 amide bonds. The number of nitrogens with two attached hydrogens (primary N) is 3. The van der Waals surface area contributed by atoms with Crippen molar-refractivity contribution in [2.45, 2.75) is 292 Å². The summed E-state index contributed by atoms with van der Waals surface area (Å²) in [5.74, 6) is -1.27. The summed E-state index contributed by atoms with van der Waals surface area (Å²) in [6.45, 7) is 29.6. The second kappa shape index (κ2) is 40.0. The fourth-order valence-corrected chi connectivity index (χ4v) is 21.4. The third-order valence-corrected chi connectivity index (χ3v) is 29.4. The largest absolute Gasteiger partial charge is 0.480 e. The van der Waals surface area contributed by atoms with Crippen LogP contribution in [0.4, 0.5) is 69.7 Å². The highest BCUT2D eigenvalue weighted by atomic mass is 79.9. The lowest BCUT2D eigenvalue weighted by Gasteiger charge is -2.36. The van der Waals surface area contributed by atoms with E-state index in [2.05, 4.69) is 152 Å². The summed E-state index contributed by atoms with van der Waals surface area (Å²) in [6, 6.07) is 9.42. The van der Waals surface area contributed by atoms with Crippen molar-refractivity contribution in [3.05, 3.63) is 213 Å². The van der Waals surface area contributed by atoms with Crippen LogP contribution >= 0.6 is 75.9 Å². The molecule has 20 rings (SSSR count). The van der Waals surface area contributed by atoms with E-state index in [-0.39, 0.29) is 87.2 Å². The summed E-state index contributed by atoms with van der Waals surface area (Å²) < 4.78 is 109. The number of rotatable bonds is 4. The van der Waals surface area contributed by atoms with Crippen LogP contribution in [-0.2, 0) is 133 Å². The number of ether oxygens (including phenoxy) is 1. The molecule has 0 atom stereocenters. The van der Waals surface area contributed by atoms with Crippen molar-refractivity contribution in [2.24, 2.45) is 11.5 Å². The van der Waals surface area contributed by atoms with E-state index in [1.807, 2.05) is 36.8 Å². The van der Waals surface area contributed by atoms with Crippen LogP contribution in [0.5, 0.6) is 0 Å². The Labute approximate surface area is 804 Å². The van der Waals surface area contributed by atoms with Crippen molar-refractivity contribution in [3.8, 4) is 11.4 Å². The summed E-state index contributed by atoms with van der Waals surface area (Å²) in [7, 11) is 0. The lowest BCUT2D eigenvalue weighted by Crippen LogP contribution is -2.45. The van der Waals surface area contributed by atoms with Crippen LogP contribution in [-0.4, -0.2) is 103 Å². The standard InChI is InChI=1S/C15H16BrFN4.C15H17FN4.C14H17BrFNO2.C14H16FNO.C14H16FNS.C10H8BrFO2.C9H9BrFN.C4H9NO2.C3H7NO/c1-7-19-20-14-15(2,3)18-12-9-6-4-5-8(9)10(16)11(17)13(12)21(7)14;1-8-18-19-14-15(2,3)17-12-10-6-4-5-9(10)7-11(16)13(12)20(8)14;1-14(2,3)19-13(18)17-12-10(16)7-8-5-4-6-9(8)11(12)15;2*1-14(2)12(17)7-10-11(15)6-8-4-3-5-9(8)13(10)16-14;11-9-6-3-1-2-5(6)4-7(12)8(9)10(13)14;10-8-6-3-1-2-5(6)4-7(11)9(8)12;1-4(2,5)3(6)7;1-3(5)2-4/h18H,4-6H2,1-3H3;7,17H,4-6H2,1-3H3;7H,4-6H2,1-3H3,(H,17,18);2*6,16H,3-5,7H2,1-2H3;4H,1-3H2,(H,13,14);4H,1-3,12H2;5H2,1-2H3,(H,6,7);2,4H2,1H3. The normalized spacial score (nSPS) is 16.7. The first-order valence-electron chi connectivity index (χ1n) is 44.5. The predicted octanol–water partition coefficient (Wildman–Crippen LogP) is 21.8. The number of Topliss-reactive ketones (excluding diaryl/α,β-unsaturated/α-hetero) is 2. The van der Waals surface area contributed by atoms with Crippen molar-refractivity contribution < 1.29 is 69.7 Å². The van der Waals surface area contributed by atoms with Crippen LogP contribution in [0, 0.1) is 54.6 Å². The number of anilines is 6. The fourth-order valence-electron chi connectivity index (χ4n) is 18.3. The molecule has 2 aromatic heterocycles. The van der Waals surface area contributed by atoms with Gasteiger partial charge in [0.2, 0.25) is 0 Å². The maximum Gasteiger partial charge on any atom is 0.412 e. The molecular weight excluding hydrogens is 1990 g/mol. The van der Waals surface area contributed by atoms with Gasteiger partial charge in [-0.25, -0.2) is 40.3 Å². The Kier molecular flexibility index (Phi) is 30.8. The summed E-state index contributed by atoms with van der Waals surface area (Å²) in [6.07, 6.45) is 21.0. The van der Waals surface area contributed by atoms with Gasteiger partial charge in [0.1, 0.15) is 80.4 Å². The average Bonchev–Trinajstić information content (AvgIpc) is 1.55. The van der Waals surface area contributed by atoms with Crippen molar-refractivity contribution in [3.63, 3.8) is 0 Å². The number of hydrogen-bond acceptors (Lipinski definition) is 18. The molecule has 7 aromatic carbocycles. The number of nitrogens with one attached hydrogen (secondary N) is 5. The smallest absolute Gasteiger partial charge is 0.412 e. The minimum absolute atomic E-state index is 0.0324. The maximum absolute atomic E-state index is 15.0. The zero-order valence-electron chi connectivity index (χ0n) is 77.3. The molecule has 13 N–H and O–H groups in total. The van der Waals surface area contributed by atoms with Crippen LogP contribution in [0.1, 0.15) is 265 Å². The molecule has 6 heterocycles. The highest BCUT2D eigenvalue weighted by Gasteiger charge is 2.43. The third kappa shape index (κ3) is 21.5. The average molecular weight is 2100 g/mol. The van der Waals surface area contributed by atoms with Gasteiger partial charge in [0.05, 0.1) is 55.9 Å². The third-order valence-electron chi connectivity index (χ3n) is 25.3. The van der Waals surface area contributed by atoms with Crippen molar-refractivity contribution in [2.75, 3.05) is 38.9 Å². The van der Waals surface area contributed by atoms with E-state index in [0.717, 1.165) is 234 Å². The molecule has 0 radical (unpaired) electrons. The number of carbonyl (C=O) groups excluding carboxylic acids is 3. The van der Waals surface area contributed by atoms with Crippen molar-refractivity contribution >= 4 is 145 Å². The lowest BCUT2D eigenvalue weighted by molar-refractivity contribution is -0.142.